The van der Waals surface area contributed by atoms with Gasteiger partial charge in [0.25, 0.3) is 0 Å². The van der Waals surface area contributed by atoms with Gasteiger partial charge < -0.3 is 20.9 Å². The van der Waals surface area contributed by atoms with Crippen LogP contribution in [0.15, 0.2) is 78.0 Å². The maximum Gasteiger partial charge on any atom is 0.316 e. The summed E-state index contributed by atoms with van der Waals surface area (Å²) in [5.74, 6) is -3.43. The van der Waals surface area contributed by atoms with Gasteiger partial charge in [-0.1, -0.05) is 50.2 Å². The molecule has 0 spiro atoms. The third kappa shape index (κ3) is 4.95. The minimum atomic E-state index is -1.32. The van der Waals surface area contributed by atoms with Crippen LogP contribution in [0.1, 0.15) is 43.9 Å². The Morgan fingerprint density at radius 1 is 1.10 bits per heavy atom. The van der Waals surface area contributed by atoms with Gasteiger partial charge in [0.15, 0.2) is 5.78 Å². The van der Waals surface area contributed by atoms with E-state index in [4.69, 9.17) is 10.5 Å². The zero-order valence-corrected chi connectivity index (χ0v) is 21.5. The van der Waals surface area contributed by atoms with Crippen LogP contribution in [-0.2, 0) is 21.0 Å². The molecule has 39 heavy (non-hydrogen) atoms. The number of carbonyl (C=O) groups is 3. The predicted molar refractivity (Wildman–Crippen MR) is 143 cm³/mol. The smallest absolute Gasteiger partial charge is 0.316 e. The molecule has 0 saturated carbocycles. The van der Waals surface area contributed by atoms with Crippen LogP contribution in [0.4, 0.5) is 15.8 Å². The van der Waals surface area contributed by atoms with Gasteiger partial charge >= 0.3 is 11.8 Å². The lowest BCUT2D eigenvalue weighted by atomic mass is 9.73. The molecule has 0 aromatic heterocycles. The fraction of sp³-hybridized carbons (Fsp3) is 0.233. The van der Waals surface area contributed by atoms with Crippen LogP contribution in [0.3, 0.4) is 0 Å². The molecule has 0 bridgehead atoms. The standard InChI is InChI=1S/C30H28FN3O5/c1-30(2)14-21-25(24(36)15-30)27(34(29(38)28(32)37)22-9-6-10-23(35)26(22)33-21)19-12-11-18(13-20(19)31)39-16-17-7-4-3-5-8-17/h3-13,27,33,35H,14-16H2,1-2H3,(H2,32,37). The molecule has 1 aliphatic heterocycles. The number of amides is 2. The van der Waals surface area contributed by atoms with Gasteiger partial charge in [-0.3, -0.25) is 19.3 Å². The first-order valence-electron chi connectivity index (χ1n) is 12.5. The van der Waals surface area contributed by atoms with Gasteiger partial charge in [0.05, 0.1) is 11.7 Å². The normalized spacial score (nSPS) is 18.0. The number of hydrogen-bond donors (Lipinski definition) is 3. The summed E-state index contributed by atoms with van der Waals surface area (Å²) >= 11 is 0. The number of phenols is 1. The van der Waals surface area contributed by atoms with Crippen molar-refractivity contribution in [3.63, 3.8) is 0 Å². The Balaban J connectivity index is 1.67. The monoisotopic (exact) mass is 529 g/mol. The van der Waals surface area contributed by atoms with E-state index in [9.17, 15) is 19.5 Å². The molecule has 3 aromatic rings. The largest absolute Gasteiger partial charge is 0.506 e. The number of primary amides is 1. The second-order valence-electron chi connectivity index (χ2n) is 10.5. The summed E-state index contributed by atoms with van der Waals surface area (Å²) in [6.45, 7) is 4.07. The fourth-order valence-corrected chi connectivity index (χ4v) is 5.24. The van der Waals surface area contributed by atoms with E-state index in [2.05, 4.69) is 5.32 Å². The van der Waals surface area contributed by atoms with Gasteiger partial charge in [0.2, 0.25) is 0 Å². The molecule has 9 heteroatoms. The molecule has 200 valence electrons. The van der Waals surface area contributed by atoms with E-state index < -0.39 is 29.1 Å². The highest BCUT2D eigenvalue weighted by molar-refractivity contribution is 6.40. The number of fused-ring (bicyclic) bond motifs is 1. The summed E-state index contributed by atoms with van der Waals surface area (Å²) in [6, 6.07) is 16.6. The number of nitrogens with one attached hydrogen (secondary N) is 1. The second-order valence-corrected chi connectivity index (χ2v) is 10.5. The van der Waals surface area contributed by atoms with Crippen LogP contribution in [0.5, 0.6) is 11.5 Å². The zero-order valence-electron chi connectivity index (χ0n) is 21.5. The number of Topliss-reactive ketones (excluding diaryl/α,β-unsaturated/α-hetero) is 1. The highest BCUT2D eigenvalue weighted by Crippen LogP contribution is 2.50. The molecule has 0 radical (unpaired) electrons. The third-order valence-corrected chi connectivity index (χ3v) is 6.95. The Morgan fingerprint density at radius 3 is 2.54 bits per heavy atom. The number of phenolic OH excluding ortho intramolecular Hbond substituents is 1. The molecule has 1 atom stereocenters. The molecule has 2 aliphatic rings. The second kappa shape index (κ2) is 9.90. The number of carbonyl (C=O) groups excluding carboxylic acids is 3. The Morgan fingerprint density at radius 2 is 1.85 bits per heavy atom. The van der Waals surface area contributed by atoms with Crippen molar-refractivity contribution >= 4 is 29.0 Å². The third-order valence-electron chi connectivity index (χ3n) is 6.95. The maximum absolute atomic E-state index is 15.9. The summed E-state index contributed by atoms with van der Waals surface area (Å²) < 4.78 is 21.6. The summed E-state index contributed by atoms with van der Waals surface area (Å²) in [4.78, 5) is 40.2. The number of anilines is 2. The number of rotatable bonds is 4. The molecule has 4 N–H and O–H groups in total. The van der Waals surface area contributed by atoms with Crippen molar-refractivity contribution in [3.8, 4) is 11.5 Å². The molecule has 5 rings (SSSR count). The molecule has 1 aliphatic carbocycles. The predicted octanol–water partition coefficient (Wildman–Crippen LogP) is 4.74. The Hall–Kier alpha value is -4.66. The van der Waals surface area contributed by atoms with E-state index in [1.165, 1.54) is 30.3 Å². The lowest BCUT2D eigenvalue weighted by Crippen LogP contribution is -2.45. The number of halogens is 1. The summed E-state index contributed by atoms with van der Waals surface area (Å²) in [5, 5.41) is 13.8. The van der Waals surface area contributed by atoms with E-state index >= 15 is 4.39 Å². The quantitative estimate of drug-likeness (QED) is 0.332. The van der Waals surface area contributed by atoms with E-state index in [0.717, 1.165) is 10.5 Å². The van der Waals surface area contributed by atoms with E-state index in [-0.39, 0.29) is 52.8 Å². The number of aromatic hydroxyl groups is 1. The number of para-hydroxylation sites is 1. The Labute approximate surface area is 224 Å². The lowest BCUT2D eigenvalue weighted by Gasteiger charge is -2.36. The van der Waals surface area contributed by atoms with Crippen molar-refractivity contribution in [3.05, 3.63) is 94.9 Å². The number of allylic oxidation sites excluding steroid dienone is 1. The van der Waals surface area contributed by atoms with Crippen molar-refractivity contribution in [1.82, 2.24) is 0 Å². The summed E-state index contributed by atoms with van der Waals surface area (Å²) in [7, 11) is 0. The molecular weight excluding hydrogens is 501 g/mol. The first-order valence-corrected chi connectivity index (χ1v) is 12.5. The van der Waals surface area contributed by atoms with Gasteiger partial charge in [-0.2, -0.15) is 0 Å². The van der Waals surface area contributed by atoms with Gasteiger partial charge in [-0.15, -0.1) is 0 Å². The molecule has 0 fully saturated rings. The van der Waals surface area contributed by atoms with Gasteiger partial charge in [0, 0.05) is 29.3 Å². The van der Waals surface area contributed by atoms with Crippen molar-refractivity contribution in [1.29, 1.82) is 0 Å². The van der Waals surface area contributed by atoms with Gasteiger partial charge in [-0.25, -0.2) is 4.39 Å². The van der Waals surface area contributed by atoms with Crippen LogP contribution in [-0.4, -0.2) is 22.7 Å². The van der Waals surface area contributed by atoms with Crippen LogP contribution < -0.4 is 20.7 Å². The SMILES string of the molecule is CC1(C)CC(=O)C2=C(C1)Nc1c(O)cccc1N(C(=O)C(N)=O)C2c1ccc(OCc2ccccc2)cc1F. The van der Waals surface area contributed by atoms with Crippen LogP contribution >= 0.6 is 0 Å². The molecule has 0 saturated heterocycles. The highest BCUT2D eigenvalue weighted by atomic mass is 19.1. The van der Waals surface area contributed by atoms with Crippen molar-refractivity contribution in [2.75, 3.05) is 10.2 Å². The molecule has 1 heterocycles. The minimum absolute atomic E-state index is 0.0183. The summed E-state index contributed by atoms with van der Waals surface area (Å²) in [5.41, 5.74) is 6.66. The van der Waals surface area contributed by atoms with Gasteiger partial charge in [-0.05, 0) is 41.7 Å². The molecule has 8 nitrogen and oxygen atoms in total. The average molecular weight is 530 g/mol. The zero-order chi connectivity index (χ0) is 27.9. The Kier molecular flexibility index (Phi) is 6.59. The van der Waals surface area contributed by atoms with Crippen LogP contribution in [0, 0.1) is 11.2 Å². The first kappa shape index (κ1) is 26.0. The van der Waals surface area contributed by atoms with Crippen LogP contribution in [0.2, 0.25) is 0 Å². The highest BCUT2D eigenvalue weighted by Gasteiger charge is 2.45. The molecular formula is C30H28FN3O5. The number of nitrogens with zero attached hydrogens (tertiary/aromatic N) is 1. The number of nitrogens with two attached hydrogens (primary N) is 1. The lowest BCUT2D eigenvalue weighted by molar-refractivity contribution is -0.136. The fourth-order valence-electron chi connectivity index (χ4n) is 5.24. The maximum atomic E-state index is 15.9. The topological polar surface area (TPSA) is 122 Å². The average Bonchev–Trinajstić information content (AvgIpc) is 3.02. The van der Waals surface area contributed by atoms with Crippen LogP contribution in [0.25, 0.3) is 0 Å². The van der Waals surface area contributed by atoms with E-state index in [0.29, 0.717) is 12.1 Å². The van der Waals surface area contributed by atoms with E-state index in [1.807, 2.05) is 44.2 Å². The van der Waals surface area contributed by atoms with Crippen molar-refractivity contribution in [2.45, 2.75) is 39.3 Å². The first-order chi connectivity index (χ1) is 18.6. The molecule has 3 aromatic carbocycles. The number of benzene rings is 3. The van der Waals surface area contributed by atoms with E-state index in [1.54, 1.807) is 6.07 Å². The van der Waals surface area contributed by atoms with Crippen molar-refractivity contribution < 1.29 is 28.6 Å². The molecule has 2 amide bonds. The van der Waals surface area contributed by atoms with Gasteiger partial charge in [0.1, 0.15) is 29.6 Å². The molecule has 1 unspecified atom stereocenters. The summed E-state index contributed by atoms with van der Waals surface area (Å²) in [6.07, 6.45) is 0.529. The number of ketones is 1. The number of ether oxygens (including phenoxy) is 1. The number of hydrogen-bond acceptors (Lipinski definition) is 6. The van der Waals surface area contributed by atoms with Crippen molar-refractivity contribution in [2.24, 2.45) is 11.1 Å². The Bertz CT molecular complexity index is 1520. The minimum Gasteiger partial charge on any atom is -0.506 e.